The van der Waals surface area contributed by atoms with Gasteiger partial charge in [-0.15, -0.1) is 6.42 Å². The number of nitrogen functional groups attached to an aromatic ring is 1. The van der Waals surface area contributed by atoms with Gasteiger partial charge in [-0.2, -0.15) is 4.98 Å². The van der Waals surface area contributed by atoms with E-state index in [9.17, 15) is 20.1 Å². The second-order valence-corrected chi connectivity index (χ2v) is 4.90. The van der Waals surface area contributed by atoms with Crippen molar-refractivity contribution in [3.8, 4) is 12.3 Å². The minimum absolute atomic E-state index is 0.0286. The fraction of sp³-hybridized carbons (Fsp3) is 0.417. The van der Waals surface area contributed by atoms with Crippen LogP contribution in [0.3, 0.4) is 0 Å². The molecule has 2 aromatic rings. The maximum absolute atomic E-state index is 11.8. The number of ether oxygens (including phenoxy) is 1. The number of rotatable bonds is 2. The topological polar surface area (TPSA) is 160 Å². The van der Waals surface area contributed by atoms with Gasteiger partial charge in [0.2, 0.25) is 5.95 Å². The zero-order valence-electron chi connectivity index (χ0n) is 11.2. The summed E-state index contributed by atoms with van der Waals surface area (Å²) in [5.74, 6) is 1.91. The number of H-pyrrole nitrogens is 1. The zero-order valence-corrected chi connectivity index (χ0v) is 11.2. The van der Waals surface area contributed by atoms with Crippen molar-refractivity contribution < 1.29 is 20.1 Å². The summed E-state index contributed by atoms with van der Waals surface area (Å²) in [6, 6.07) is 0. The Morgan fingerprint density at radius 2 is 2.36 bits per heavy atom. The Labute approximate surface area is 123 Å². The van der Waals surface area contributed by atoms with E-state index >= 15 is 0 Å². The Bertz CT molecular complexity index is 823. The molecule has 1 aliphatic heterocycles. The molecule has 1 aliphatic rings. The van der Waals surface area contributed by atoms with E-state index in [2.05, 4.69) is 20.9 Å². The van der Waals surface area contributed by atoms with Gasteiger partial charge in [0.25, 0.3) is 5.56 Å². The summed E-state index contributed by atoms with van der Waals surface area (Å²) in [6.07, 6.45) is 2.59. The number of imidazole rings is 1. The Hall–Kier alpha value is -2.45. The maximum Gasteiger partial charge on any atom is 0.280 e. The standard InChI is InChI=1S/C12H13N5O5/c1-2-12(21)7(19)5(3-18)22-10(12)17-4-14-6-8(17)15-11(13)16-9(6)20/h1,4-5,7,10,18-19,21H,3H2,(H3,13,15,16,20). The third-order valence-electron chi connectivity index (χ3n) is 3.60. The van der Waals surface area contributed by atoms with Crippen molar-refractivity contribution in [1.29, 1.82) is 0 Å². The molecule has 0 aliphatic carbocycles. The second-order valence-electron chi connectivity index (χ2n) is 4.90. The van der Waals surface area contributed by atoms with Gasteiger partial charge in [-0.1, -0.05) is 5.92 Å². The van der Waals surface area contributed by atoms with Crippen LogP contribution in [0.25, 0.3) is 11.2 Å². The first kappa shape index (κ1) is 14.5. The van der Waals surface area contributed by atoms with Crippen molar-refractivity contribution in [2.75, 3.05) is 12.3 Å². The van der Waals surface area contributed by atoms with Crippen LogP contribution < -0.4 is 11.3 Å². The molecule has 6 N–H and O–H groups in total. The molecule has 0 aromatic carbocycles. The largest absolute Gasteiger partial charge is 0.394 e. The van der Waals surface area contributed by atoms with Crippen molar-refractivity contribution in [3.05, 3.63) is 16.7 Å². The third-order valence-corrected chi connectivity index (χ3v) is 3.60. The molecular weight excluding hydrogens is 294 g/mol. The summed E-state index contributed by atoms with van der Waals surface area (Å²) < 4.78 is 6.59. The number of aromatic nitrogens is 4. The number of nitrogens with one attached hydrogen (secondary N) is 1. The molecule has 0 saturated carbocycles. The smallest absolute Gasteiger partial charge is 0.280 e. The molecule has 116 valence electrons. The normalized spacial score (nSPS) is 31.5. The van der Waals surface area contributed by atoms with Crippen molar-refractivity contribution in [3.63, 3.8) is 0 Å². The monoisotopic (exact) mass is 307 g/mol. The number of terminal acetylenes is 1. The van der Waals surface area contributed by atoms with Gasteiger partial charge in [0.05, 0.1) is 12.9 Å². The van der Waals surface area contributed by atoms with Crippen LogP contribution in [0.4, 0.5) is 5.95 Å². The van der Waals surface area contributed by atoms with Crippen LogP contribution in [0.1, 0.15) is 6.23 Å². The molecule has 10 nitrogen and oxygen atoms in total. The van der Waals surface area contributed by atoms with Crippen molar-refractivity contribution in [2.24, 2.45) is 0 Å². The van der Waals surface area contributed by atoms with Gasteiger partial charge in [-0.3, -0.25) is 14.3 Å². The van der Waals surface area contributed by atoms with E-state index in [0.717, 1.165) is 0 Å². The van der Waals surface area contributed by atoms with Crippen LogP contribution >= 0.6 is 0 Å². The summed E-state index contributed by atoms with van der Waals surface area (Å²) >= 11 is 0. The van der Waals surface area contributed by atoms with E-state index in [4.69, 9.17) is 16.9 Å². The number of hydrogen-bond acceptors (Lipinski definition) is 8. The predicted octanol–water partition coefficient (Wildman–Crippen LogP) is -2.68. The molecule has 0 radical (unpaired) electrons. The molecule has 3 heterocycles. The minimum Gasteiger partial charge on any atom is -0.394 e. The van der Waals surface area contributed by atoms with Crippen LogP contribution in [-0.4, -0.2) is 59.3 Å². The number of fused-ring (bicyclic) bond motifs is 1. The number of aromatic amines is 1. The molecule has 0 amide bonds. The quantitative estimate of drug-likeness (QED) is 0.375. The average Bonchev–Trinajstić information content (AvgIpc) is 3.00. The highest BCUT2D eigenvalue weighted by Gasteiger charge is 2.55. The lowest BCUT2D eigenvalue weighted by Crippen LogP contribution is -2.45. The third kappa shape index (κ3) is 1.81. The van der Waals surface area contributed by atoms with Crippen LogP contribution in [0.5, 0.6) is 0 Å². The number of aliphatic hydroxyl groups excluding tert-OH is 2. The van der Waals surface area contributed by atoms with Crippen LogP contribution in [0.2, 0.25) is 0 Å². The lowest BCUT2D eigenvalue weighted by Gasteiger charge is -2.26. The first-order valence-corrected chi connectivity index (χ1v) is 6.29. The molecule has 1 saturated heterocycles. The number of anilines is 1. The molecule has 22 heavy (non-hydrogen) atoms. The van der Waals surface area contributed by atoms with E-state index in [1.807, 2.05) is 0 Å². The molecule has 0 spiro atoms. The average molecular weight is 307 g/mol. The fourth-order valence-electron chi connectivity index (χ4n) is 2.47. The number of hydrogen-bond donors (Lipinski definition) is 5. The Balaban J connectivity index is 2.19. The summed E-state index contributed by atoms with van der Waals surface area (Å²) in [5.41, 5.74) is 2.80. The summed E-state index contributed by atoms with van der Waals surface area (Å²) in [7, 11) is 0. The first-order chi connectivity index (χ1) is 10.4. The van der Waals surface area contributed by atoms with E-state index in [0.29, 0.717) is 0 Å². The lowest BCUT2D eigenvalue weighted by atomic mass is 9.95. The molecular formula is C12H13N5O5. The van der Waals surface area contributed by atoms with Gasteiger partial charge in [-0.25, -0.2) is 4.98 Å². The van der Waals surface area contributed by atoms with Crippen LogP contribution in [0.15, 0.2) is 11.1 Å². The Morgan fingerprint density at radius 3 is 3.00 bits per heavy atom. The molecule has 1 fully saturated rings. The Morgan fingerprint density at radius 1 is 1.64 bits per heavy atom. The molecule has 2 aromatic heterocycles. The Kier molecular flexibility index (Phi) is 3.15. The van der Waals surface area contributed by atoms with Gasteiger partial charge in [0, 0.05) is 0 Å². The molecule has 4 atom stereocenters. The van der Waals surface area contributed by atoms with Crippen LogP contribution in [-0.2, 0) is 4.74 Å². The summed E-state index contributed by atoms with van der Waals surface area (Å²) in [6.45, 7) is -0.551. The van der Waals surface area contributed by atoms with Crippen molar-refractivity contribution >= 4 is 17.1 Å². The van der Waals surface area contributed by atoms with Crippen LogP contribution in [0, 0.1) is 12.3 Å². The highest BCUT2D eigenvalue weighted by atomic mass is 16.6. The molecule has 4 unspecified atom stereocenters. The van der Waals surface area contributed by atoms with Gasteiger partial charge in [0.1, 0.15) is 12.2 Å². The zero-order chi connectivity index (χ0) is 16.1. The minimum atomic E-state index is -2.12. The second kappa shape index (κ2) is 4.79. The molecule has 3 rings (SSSR count). The fourth-order valence-corrected chi connectivity index (χ4v) is 2.47. The molecule has 10 heteroatoms. The maximum atomic E-state index is 11.8. The van der Waals surface area contributed by atoms with E-state index in [1.165, 1.54) is 10.9 Å². The van der Waals surface area contributed by atoms with Gasteiger partial charge < -0.3 is 25.8 Å². The molecule has 0 bridgehead atoms. The highest BCUT2D eigenvalue weighted by Crippen LogP contribution is 2.38. The van der Waals surface area contributed by atoms with E-state index in [-0.39, 0.29) is 17.1 Å². The summed E-state index contributed by atoms with van der Waals surface area (Å²) in [5, 5.41) is 29.7. The van der Waals surface area contributed by atoms with E-state index in [1.54, 1.807) is 0 Å². The number of nitrogens with two attached hydrogens (primary N) is 1. The summed E-state index contributed by atoms with van der Waals surface area (Å²) in [4.78, 5) is 21.9. The number of aliphatic hydroxyl groups is 3. The first-order valence-electron chi connectivity index (χ1n) is 6.29. The lowest BCUT2D eigenvalue weighted by molar-refractivity contribution is -0.0721. The number of nitrogens with zero attached hydrogens (tertiary/aromatic N) is 3. The van der Waals surface area contributed by atoms with E-state index < -0.39 is 36.2 Å². The predicted molar refractivity (Wildman–Crippen MR) is 73.3 cm³/mol. The van der Waals surface area contributed by atoms with Gasteiger partial charge in [0.15, 0.2) is 23.0 Å². The van der Waals surface area contributed by atoms with Gasteiger partial charge >= 0.3 is 0 Å². The highest BCUT2D eigenvalue weighted by molar-refractivity contribution is 5.70. The SMILES string of the molecule is C#CC1(O)C(O)C(CO)OC1n1cnc2c(=O)[nH]c(N)nc21. The van der Waals surface area contributed by atoms with Crippen molar-refractivity contribution in [1.82, 2.24) is 19.5 Å². The van der Waals surface area contributed by atoms with Crippen molar-refractivity contribution in [2.45, 2.75) is 24.0 Å². The van der Waals surface area contributed by atoms with Gasteiger partial charge in [-0.05, 0) is 0 Å².